The van der Waals surface area contributed by atoms with Crippen molar-refractivity contribution in [3.8, 4) is 0 Å². The minimum atomic E-state index is 0.149. The second-order valence-corrected chi connectivity index (χ2v) is 4.84. The van der Waals surface area contributed by atoms with Crippen LogP contribution in [0.15, 0.2) is 29.4 Å². The number of ether oxygens (including phenoxy) is 1. The Labute approximate surface area is 90.2 Å². The third kappa shape index (κ3) is 2.17. The van der Waals surface area contributed by atoms with E-state index in [1.54, 1.807) is 6.20 Å². The SMILES string of the molecule is CC(C)(C)C1COC(c2ccccn2)=N1. The number of pyridine rings is 1. The summed E-state index contributed by atoms with van der Waals surface area (Å²) in [5.74, 6) is 0.676. The molecule has 15 heavy (non-hydrogen) atoms. The molecule has 0 aromatic carbocycles. The second-order valence-electron chi connectivity index (χ2n) is 4.84. The first-order chi connectivity index (χ1) is 7.07. The molecule has 3 heteroatoms. The third-order valence-corrected chi connectivity index (χ3v) is 2.53. The van der Waals surface area contributed by atoms with Gasteiger partial charge in [0.25, 0.3) is 0 Å². The zero-order chi connectivity index (χ0) is 10.9. The lowest BCUT2D eigenvalue weighted by atomic mass is 9.88. The highest BCUT2D eigenvalue weighted by atomic mass is 16.5. The summed E-state index contributed by atoms with van der Waals surface area (Å²) in [4.78, 5) is 8.78. The summed E-state index contributed by atoms with van der Waals surface area (Å²) in [6.45, 7) is 7.18. The normalized spacial score (nSPS) is 21.0. The Morgan fingerprint density at radius 3 is 2.67 bits per heavy atom. The maximum Gasteiger partial charge on any atom is 0.235 e. The number of nitrogens with zero attached hydrogens (tertiary/aromatic N) is 2. The van der Waals surface area contributed by atoms with E-state index in [2.05, 4.69) is 30.7 Å². The van der Waals surface area contributed by atoms with E-state index in [1.165, 1.54) is 0 Å². The van der Waals surface area contributed by atoms with Crippen molar-refractivity contribution in [1.29, 1.82) is 0 Å². The van der Waals surface area contributed by atoms with E-state index in [-0.39, 0.29) is 11.5 Å². The lowest BCUT2D eigenvalue weighted by Crippen LogP contribution is -2.25. The maximum atomic E-state index is 5.57. The highest BCUT2D eigenvalue weighted by molar-refractivity contribution is 5.93. The summed E-state index contributed by atoms with van der Waals surface area (Å²) < 4.78 is 5.57. The van der Waals surface area contributed by atoms with Gasteiger partial charge in [0.1, 0.15) is 12.3 Å². The first kappa shape index (κ1) is 10.1. The monoisotopic (exact) mass is 204 g/mol. The molecule has 0 N–H and O–H groups in total. The summed E-state index contributed by atoms with van der Waals surface area (Å²) in [5, 5.41) is 0. The molecule has 0 bridgehead atoms. The van der Waals surface area contributed by atoms with Gasteiger partial charge in [0.05, 0.1) is 6.04 Å². The van der Waals surface area contributed by atoms with Crippen LogP contribution < -0.4 is 0 Å². The van der Waals surface area contributed by atoms with E-state index in [0.717, 1.165) is 5.69 Å². The lowest BCUT2D eigenvalue weighted by Gasteiger charge is -2.21. The van der Waals surface area contributed by atoms with Crippen LogP contribution in [0.3, 0.4) is 0 Å². The molecule has 0 saturated carbocycles. The van der Waals surface area contributed by atoms with E-state index >= 15 is 0 Å². The zero-order valence-corrected chi connectivity index (χ0v) is 9.40. The topological polar surface area (TPSA) is 34.5 Å². The Morgan fingerprint density at radius 2 is 2.13 bits per heavy atom. The molecule has 3 nitrogen and oxygen atoms in total. The van der Waals surface area contributed by atoms with Gasteiger partial charge in [0, 0.05) is 6.20 Å². The van der Waals surface area contributed by atoms with Gasteiger partial charge in [-0.25, -0.2) is 4.99 Å². The van der Waals surface area contributed by atoms with Crippen LogP contribution >= 0.6 is 0 Å². The van der Waals surface area contributed by atoms with Crippen molar-refractivity contribution in [2.24, 2.45) is 10.4 Å². The van der Waals surface area contributed by atoms with Crippen LogP contribution in [0.5, 0.6) is 0 Å². The van der Waals surface area contributed by atoms with Gasteiger partial charge >= 0.3 is 0 Å². The molecule has 1 atom stereocenters. The van der Waals surface area contributed by atoms with Crippen LogP contribution in [0.25, 0.3) is 0 Å². The number of aromatic nitrogens is 1. The first-order valence-electron chi connectivity index (χ1n) is 5.19. The minimum absolute atomic E-state index is 0.149. The van der Waals surface area contributed by atoms with E-state index in [4.69, 9.17) is 4.74 Å². The molecule has 0 radical (unpaired) electrons. The number of hydrogen-bond donors (Lipinski definition) is 0. The fraction of sp³-hybridized carbons (Fsp3) is 0.500. The Bertz CT molecular complexity index is 365. The van der Waals surface area contributed by atoms with Crippen LogP contribution in [0, 0.1) is 5.41 Å². The molecular weight excluding hydrogens is 188 g/mol. The molecule has 0 saturated heterocycles. The van der Waals surface area contributed by atoms with Gasteiger partial charge in [-0.15, -0.1) is 0 Å². The largest absolute Gasteiger partial charge is 0.474 e. The second kappa shape index (κ2) is 3.65. The molecule has 0 amide bonds. The van der Waals surface area contributed by atoms with E-state index in [9.17, 15) is 0 Å². The van der Waals surface area contributed by atoms with Gasteiger partial charge < -0.3 is 4.74 Å². The Kier molecular flexibility index (Phi) is 2.47. The smallest absolute Gasteiger partial charge is 0.235 e. The zero-order valence-electron chi connectivity index (χ0n) is 9.40. The number of rotatable bonds is 1. The lowest BCUT2D eigenvalue weighted by molar-refractivity contribution is 0.235. The van der Waals surface area contributed by atoms with E-state index in [0.29, 0.717) is 12.5 Å². The number of aliphatic imine (C=N–C) groups is 1. The van der Waals surface area contributed by atoms with Crippen molar-refractivity contribution >= 4 is 5.90 Å². The fourth-order valence-electron chi connectivity index (χ4n) is 1.45. The summed E-state index contributed by atoms with van der Waals surface area (Å²) in [6.07, 6.45) is 1.76. The molecule has 2 rings (SSSR count). The average Bonchev–Trinajstić information content (AvgIpc) is 2.67. The quantitative estimate of drug-likeness (QED) is 0.703. The molecule has 1 aromatic rings. The van der Waals surface area contributed by atoms with Crippen LogP contribution in [-0.2, 0) is 4.74 Å². The van der Waals surface area contributed by atoms with E-state index in [1.807, 2.05) is 18.2 Å². The molecular formula is C12H16N2O. The van der Waals surface area contributed by atoms with Gasteiger partial charge in [0.2, 0.25) is 5.90 Å². The highest BCUT2D eigenvalue weighted by Gasteiger charge is 2.30. The van der Waals surface area contributed by atoms with Gasteiger partial charge in [0.15, 0.2) is 0 Å². The predicted molar refractivity (Wildman–Crippen MR) is 60.0 cm³/mol. The molecule has 1 unspecified atom stereocenters. The van der Waals surface area contributed by atoms with Crippen molar-refractivity contribution in [3.63, 3.8) is 0 Å². The minimum Gasteiger partial charge on any atom is -0.474 e. The van der Waals surface area contributed by atoms with Gasteiger partial charge in [-0.2, -0.15) is 0 Å². The van der Waals surface area contributed by atoms with Crippen LogP contribution in [0.1, 0.15) is 26.5 Å². The van der Waals surface area contributed by atoms with Crippen LogP contribution in [-0.4, -0.2) is 23.5 Å². The van der Waals surface area contributed by atoms with E-state index < -0.39 is 0 Å². The molecule has 1 aromatic heterocycles. The maximum absolute atomic E-state index is 5.57. The summed E-state index contributed by atoms with van der Waals surface area (Å²) >= 11 is 0. The standard InChI is InChI=1S/C12H16N2O/c1-12(2,3)10-8-15-11(14-10)9-6-4-5-7-13-9/h4-7,10H,8H2,1-3H3. The summed E-state index contributed by atoms with van der Waals surface area (Å²) in [7, 11) is 0. The molecule has 0 aliphatic carbocycles. The summed E-state index contributed by atoms with van der Waals surface area (Å²) in [5.41, 5.74) is 0.973. The average molecular weight is 204 g/mol. The van der Waals surface area contributed by atoms with Gasteiger partial charge in [-0.3, -0.25) is 4.98 Å². The molecule has 1 aliphatic heterocycles. The van der Waals surface area contributed by atoms with Crippen molar-refractivity contribution in [1.82, 2.24) is 4.98 Å². The van der Waals surface area contributed by atoms with Crippen molar-refractivity contribution in [2.75, 3.05) is 6.61 Å². The molecule has 0 fully saturated rings. The van der Waals surface area contributed by atoms with Crippen molar-refractivity contribution in [3.05, 3.63) is 30.1 Å². The van der Waals surface area contributed by atoms with Gasteiger partial charge in [-0.1, -0.05) is 26.8 Å². The molecule has 80 valence electrons. The molecule has 2 heterocycles. The van der Waals surface area contributed by atoms with Crippen molar-refractivity contribution < 1.29 is 4.74 Å². The predicted octanol–water partition coefficient (Wildman–Crippen LogP) is 2.27. The Morgan fingerprint density at radius 1 is 1.33 bits per heavy atom. The first-order valence-corrected chi connectivity index (χ1v) is 5.19. The summed E-state index contributed by atoms with van der Waals surface area (Å²) in [6, 6.07) is 5.98. The number of hydrogen-bond acceptors (Lipinski definition) is 3. The van der Waals surface area contributed by atoms with Crippen LogP contribution in [0.2, 0.25) is 0 Å². The molecule has 0 spiro atoms. The van der Waals surface area contributed by atoms with Crippen molar-refractivity contribution in [2.45, 2.75) is 26.8 Å². The fourth-order valence-corrected chi connectivity index (χ4v) is 1.45. The van der Waals surface area contributed by atoms with Crippen LogP contribution in [0.4, 0.5) is 0 Å². The Hall–Kier alpha value is -1.38. The molecule has 1 aliphatic rings. The Balaban J connectivity index is 2.21. The highest BCUT2D eigenvalue weighted by Crippen LogP contribution is 2.26. The van der Waals surface area contributed by atoms with Gasteiger partial charge in [-0.05, 0) is 17.5 Å². The third-order valence-electron chi connectivity index (χ3n) is 2.53.